The van der Waals surface area contributed by atoms with Crippen molar-refractivity contribution >= 4 is 28.6 Å². The summed E-state index contributed by atoms with van der Waals surface area (Å²) in [5.74, 6) is 1.52. The summed E-state index contributed by atoms with van der Waals surface area (Å²) in [5, 5.41) is 2.22. The summed E-state index contributed by atoms with van der Waals surface area (Å²) >= 11 is 1.87. The van der Waals surface area contributed by atoms with Crippen LogP contribution in [-0.4, -0.2) is 97.8 Å². The smallest absolute Gasteiger partial charge is 0.236 e. The lowest BCUT2D eigenvalue weighted by atomic mass is 10.1. The van der Waals surface area contributed by atoms with Gasteiger partial charge in [-0.2, -0.15) is 0 Å². The first kappa shape index (κ1) is 24.3. The van der Waals surface area contributed by atoms with E-state index in [2.05, 4.69) is 60.4 Å². The molecule has 0 aliphatic carbocycles. The summed E-state index contributed by atoms with van der Waals surface area (Å²) in [4.78, 5) is 32.5. The third-order valence-corrected chi connectivity index (χ3v) is 8.78. The Balaban J connectivity index is 0.991. The SMILES string of the molecule is O=C(CN1CC[C@@H](c2sccc2N2CCOCC2)C1)N1CCN(c2ccc(-c3ncccn3)cc2)CC1. The number of morpholine rings is 1. The highest BCUT2D eigenvalue weighted by Gasteiger charge is 2.31. The molecule has 8 nitrogen and oxygen atoms in total. The van der Waals surface area contributed by atoms with Crippen molar-refractivity contribution in [2.24, 2.45) is 0 Å². The third-order valence-electron chi connectivity index (χ3n) is 7.72. The zero-order valence-electron chi connectivity index (χ0n) is 21.2. The minimum Gasteiger partial charge on any atom is -0.378 e. The van der Waals surface area contributed by atoms with Gasteiger partial charge in [-0.05, 0) is 54.7 Å². The molecule has 0 unspecified atom stereocenters. The molecule has 9 heteroatoms. The number of ether oxygens (including phenoxy) is 1. The molecule has 0 N–H and O–H groups in total. The molecular weight excluding hydrogens is 484 g/mol. The lowest BCUT2D eigenvalue weighted by molar-refractivity contribution is -0.132. The zero-order chi connectivity index (χ0) is 25.0. The molecule has 3 saturated heterocycles. The van der Waals surface area contributed by atoms with Gasteiger partial charge in [0, 0.05) is 80.3 Å². The summed E-state index contributed by atoms with van der Waals surface area (Å²) in [6.45, 7) is 9.30. The number of amides is 1. The summed E-state index contributed by atoms with van der Waals surface area (Å²) in [7, 11) is 0. The van der Waals surface area contributed by atoms with Crippen LogP contribution in [0, 0.1) is 0 Å². The van der Waals surface area contributed by atoms with Crippen molar-refractivity contribution in [3.05, 3.63) is 59.0 Å². The van der Waals surface area contributed by atoms with Crippen LogP contribution in [0.15, 0.2) is 54.2 Å². The van der Waals surface area contributed by atoms with Crippen molar-refractivity contribution in [3.8, 4) is 11.4 Å². The molecule has 5 heterocycles. The summed E-state index contributed by atoms with van der Waals surface area (Å²) < 4.78 is 5.54. The van der Waals surface area contributed by atoms with Crippen LogP contribution in [0.2, 0.25) is 0 Å². The van der Waals surface area contributed by atoms with E-state index in [1.807, 2.05) is 22.3 Å². The average molecular weight is 519 g/mol. The number of aromatic nitrogens is 2. The first-order chi connectivity index (χ1) is 18.2. The highest BCUT2D eigenvalue weighted by Crippen LogP contribution is 2.38. The second kappa shape index (κ2) is 11.2. The largest absolute Gasteiger partial charge is 0.378 e. The summed E-state index contributed by atoms with van der Waals surface area (Å²) in [6.07, 6.45) is 4.66. The van der Waals surface area contributed by atoms with Gasteiger partial charge in [-0.1, -0.05) is 0 Å². The van der Waals surface area contributed by atoms with E-state index in [9.17, 15) is 4.79 Å². The fourth-order valence-corrected chi connectivity index (χ4v) is 6.70. The molecular formula is C28H34N6O2S. The van der Waals surface area contributed by atoms with Crippen LogP contribution in [0.4, 0.5) is 11.4 Å². The first-order valence-electron chi connectivity index (χ1n) is 13.3. The van der Waals surface area contributed by atoms with Gasteiger partial charge in [0.05, 0.1) is 25.4 Å². The standard InChI is InChI=1S/C28H34N6O2S/c35-26(21-31-10-6-23(20-31)27-25(7-19-37-27)33-15-17-36-18-16-33)34-13-11-32(12-14-34)24-4-2-22(3-5-24)28-29-8-1-9-30-28/h1-5,7-9,19,23H,6,10-18,20-21H2/t23-/m1/s1. The first-order valence-corrected chi connectivity index (χ1v) is 14.2. The number of nitrogens with zero attached hydrogens (tertiary/aromatic N) is 6. The van der Waals surface area contributed by atoms with Crippen LogP contribution < -0.4 is 9.80 Å². The molecule has 0 spiro atoms. The molecule has 0 bridgehead atoms. The molecule has 3 fully saturated rings. The highest BCUT2D eigenvalue weighted by atomic mass is 32.1. The van der Waals surface area contributed by atoms with Gasteiger partial charge in [0.15, 0.2) is 5.82 Å². The predicted octanol–water partition coefficient (Wildman–Crippen LogP) is 3.18. The molecule has 1 aromatic carbocycles. The minimum atomic E-state index is 0.261. The van der Waals surface area contributed by atoms with Crippen LogP contribution >= 0.6 is 11.3 Å². The summed E-state index contributed by atoms with van der Waals surface area (Å²) in [5.41, 5.74) is 3.58. The van der Waals surface area contributed by atoms with Gasteiger partial charge in [0.2, 0.25) is 5.91 Å². The Morgan fingerprint density at radius 3 is 2.43 bits per heavy atom. The summed E-state index contributed by atoms with van der Waals surface area (Å²) in [6, 6.07) is 12.5. The Labute approximate surface area is 222 Å². The van der Waals surface area contributed by atoms with E-state index >= 15 is 0 Å². The quantitative estimate of drug-likeness (QED) is 0.497. The Kier molecular flexibility index (Phi) is 7.34. The van der Waals surface area contributed by atoms with Gasteiger partial charge in [-0.3, -0.25) is 9.69 Å². The molecule has 3 aliphatic heterocycles. The average Bonchev–Trinajstić information content (AvgIpc) is 3.64. The normalized spacial score (nSPS) is 21.0. The number of anilines is 2. The number of carbonyl (C=O) groups excluding carboxylic acids is 1. The molecule has 0 saturated carbocycles. The number of hydrogen-bond donors (Lipinski definition) is 0. The second-order valence-electron chi connectivity index (χ2n) is 9.98. The van der Waals surface area contributed by atoms with Gasteiger partial charge >= 0.3 is 0 Å². The van der Waals surface area contributed by atoms with Gasteiger partial charge in [-0.25, -0.2) is 9.97 Å². The van der Waals surface area contributed by atoms with Crippen LogP contribution in [-0.2, 0) is 9.53 Å². The highest BCUT2D eigenvalue weighted by molar-refractivity contribution is 7.10. The van der Waals surface area contributed by atoms with Crippen molar-refractivity contribution in [2.75, 3.05) is 81.9 Å². The van der Waals surface area contributed by atoms with Gasteiger partial charge in [0.1, 0.15) is 0 Å². The maximum atomic E-state index is 13.1. The van der Waals surface area contributed by atoms with E-state index in [-0.39, 0.29) is 5.91 Å². The molecule has 194 valence electrons. The lowest BCUT2D eigenvalue weighted by Crippen LogP contribution is -2.51. The molecule has 37 heavy (non-hydrogen) atoms. The van der Waals surface area contributed by atoms with E-state index in [4.69, 9.17) is 4.74 Å². The topological polar surface area (TPSA) is 65.0 Å². The number of rotatable bonds is 6. The zero-order valence-corrected chi connectivity index (χ0v) is 22.0. The van der Waals surface area contributed by atoms with Gasteiger partial charge < -0.3 is 19.4 Å². The Bertz CT molecular complexity index is 1170. The molecule has 6 rings (SSSR count). The van der Waals surface area contributed by atoms with Crippen molar-refractivity contribution in [1.82, 2.24) is 19.8 Å². The van der Waals surface area contributed by atoms with Crippen molar-refractivity contribution in [1.29, 1.82) is 0 Å². The number of thiophene rings is 1. The Hall–Kier alpha value is -3.01. The van der Waals surface area contributed by atoms with E-state index in [1.165, 1.54) is 16.3 Å². The minimum absolute atomic E-state index is 0.261. The van der Waals surface area contributed by atoms with E-state index < -0.39 is 0 Å². The molecule has 1 atom stereocenters. The van der Waals surface area contributed by atoms with Crippen molar-refractivity contribution < 1.29 is 9.53 Å². The van der Waals surface area contributed by atoms with E-state index in [0.29, 0.717) is 12.5 Å². The number of hydrogen-bond acceptors (Lipinski definition) is 8. The number of likely N-dealkylation sites (tertiary alicyclic amines) is 1. The lowest BCUT2D eigenvalue weighted by Gasteiger charge is -2.36. The van der Waals surface area contributed by atoms with Gasteiger partial charge in [0.25, 0.3) is 0 Å². The van der Waals surface area contributed by atoms with Crippen LogP contribution in [0.25, 0.3) is 11.4 Å². The van der Waals surface area contributed by atoms with Crippen LogP contribution in [0.1, 0.15) is 17.2 Å². The molecule has 1 amide bonds. The fraction of sp³-hybridized carbons (Fsp3) is 0.464. The molecule has 3 aromatic rings. The Morgan fingerprint density at radius 2 is 1.68 bits per heavy atom. The van der Waals surface area contributed by atoms with E-state index in [1.54, 1.807) is 12.4 Å². The number of carbonyl (C=O) groups is 1. The van der Waals surface area contributed by atoms with Crippen LogP contribution in [0.3, 0.4) is 0 Å². The van der Waals surface area contributed by atoms with Crippen LogP contribution in [0.5, 0.6) is 0 Å². The second-order valence-corrected chi connectivity index (χ2v) is 10.9. The van der Waals surface area contributed by atoms with Crippen molar-refractivity contribution in [2.45, 2.75) is 12.3 Å². The maximum absolute atomic E-state index is 13.1. The molecule has 0 radical (unpaired) electrons. The van der Waals surface area contributed by atoms with E-state index in [0.717, 1.165) is 83.4 Å². The Morgan fingerprint density at radius 1 is 0.919 bits per heavy atom. The third kappa shape index (κ3) is 5.49. The maximum Gasteiger partial charge on any atom is 0.236 e. The number of benzene rings is 1. The predicted molar refractivity (Wildman–Crippen MR) is 147 cm³/mol. The van der Waals surface area contributed by atoms with Crippen molar-refractivity contribution in [3.63, 3.8) is 0 Å². The number of piperazine rings is 1. The molecule has 2 aromatic heterocycles. The fourth-order valence-electron chi connectivity index (χ4n) is 5.65. The van der Waals surface area contributed by atoms with Gasteiger partial charge in [-0.15, -0.1) is 11.3 Å². The molecule has 3 aliphatic rings. The monoisotopic (exact) mass is 518 g/mol.